The maximum Gasteiger partial charge on any atom is -0.109 e. The third-order valence-corrected chi connectivity index (χ3v) is 12.9. The predicted octanol–water partition coefficient (Wildman–Crippen LogP) is 10.4. The number of rotatable bonds is 4. The molecule has 1 aliphatic rings. The van der Waals surface area contributed by atoms with E-state index in [1.807, 2.05) is 12.2 Å². The van der Waals surface area contributed by atoms with Crippen molar-refractivity contribution in [3.63, 3.8) is 0 Å². The number of benzene rings is 6. The van der Waals surface area contributed by atoms with E-state index in [-0.39, 0.29) is 46.5 Å². The fourth-order valence-corrected chi connectivity index (χ4v) is 8.66. The molecular formula is C59H64Cl2Zr-2. The number of hydrogen-bond donors (Lipinski definition) is 0. The normalized spacial score (nSPS) is 12.5. The van der Waals surface area contributed by atoms with E-state index in [1.165, 1.54) is 105 Å². The summed E-state index contributed by atoms with van der Waals surface area (Å²) in [4.78, 5) is 0. The van der Waals surface area contributed by atoms with Crippen molar-refractivity contribution in [3.8, 4) is 22.3 Å². The van der Waals surface area contributed by atoms with Crippen LogP contribution < -0.4 is 24.8 Å². The Morgan fingerprint density at radius 3 is 1.13 bits per heavy atom. The molecule has 0 amide bonds. The van der Waals surface area contributed by atoms with Gasteiger partial charge in [0.25, 0.3) is 0 Å². The average molecular weight is 935 g/mol. The molecule has 0 spiro atoms. The van der Waals surface area contributed by atoms with Crippen molar-refractivity contribution in [2.45, 2.75) is 111 Å². The minimum absolute atomic E-state index is 0. The van der Waals surface area contributed by atoms with Crippen molar-refractivity contribution in [1.82, 2.24) is 0 Å². The molecule has 0 radical (unpaired) electrons. The van der Waals surface area contributed by atoms with E-state index >= 15 is 0 Å². The first-order valence-corrected chi connectivity index (χ1v) is 22.8. The maximum atomic E-state index is 2.99. The summed E-state index contributed by atoms with van der Waals surface area (Å²) in [6.45, 7) is 27.5. The molecule has 0 saturated heterocycles. The van der Waals surface area contributed by atoms with Crippen LogP contribution in [0.2, 0.25) is 0 Å². The minimum atomic E-state index is 0. The van der Waals surface area contributed by atoms with E-state index in [2.05, 4.69) is 235 Å². The molecule has 0 heterocycles. The quantitative estimate of drug-likeness (QED) is 0.154. The van der Waals surface area contributed by atoms with Crippen LogP contribution in [0, 0.1) is 6.08 Å². The number of hydrogen-bond acceptors (Lipinski definition) is 0. The SMILES string of the molecule is CC(C)(C)c1cc2c(cc1-c1ccccc1)[cH-]c1cc(-c3ccccc3)c(C(C)(C)C)cc12.CC(C)(C)c1ccc([C](=[Zr+2])c2ccc(C(C)(C)C)cc2)cc1.[C-]1=CC=CC1.[Cl-].[Cl-]. The van der Waals surface area contributed by atoms with Crippen LogP contribution in [0.5, 0.6) is 0 Å². The predicted molar refractivity (Wildman–Crippen MR) is 260 cm³/mol. The molecular weight excluding hydrogens is 871 g/mol. The number of halogens is 2. The van der Waals surface area contributed by atoms with Gasteiger partial charge in [0.15, 0.2) is 0 Å². The molecule has 0 unspecified atom stereocenters. The summed E-state index contributed by atoms with van der Waals surface area (Å²) in [5, 5.41) is 5.36. The van der Waals surface area contributed by atoms with Crippen LogP contribution in [0.4, 0.5) is 0 Å². The largest absolute Gasteiger partial charge is 1.00 e. The van der Waals surface area contributed by atoms with Gasteiger partial charge in [0.2, 0.25) is 0 Å². The zero-order chi connectivity index (χ0) is 43.5. The van der Waals surface area contributed by atoms with Gasteiger partial charge in [-0.25, -0.2) is 12.2 Å². The summed E-state index contributed by atoms with van der Waals surface area (Å²) in [6.07, 6.45) is 10.0. The zero-order valence-corrected chi connectivity index (χ0v) is 42.9. The summed E-state index contributed by atoms with van der Waals surface area (Å²) in [6, 6.07) is 51.9. The molecule has 320 valence electrons. The Bertz CT molecular complexity index is 2430. The van der Waals surface area contributed by atoms with Crippen molar-refractivity contribution in [3.05, 3.63) is 197 Å². The summed E-state index contributed by atoms with van der Waals surface area (Å²) in [5.74, 6) is 0. The van der Waals surface area contributed by atoms with E-state index in [4.69, 9.17) is 0 Å². The van der Waals surface area contributed by atoms with Gasteiger partial charge in [-0.05, 0) is 44.2 Å². The molecule has 0 aromatic heterocycles. The van der Waals surface area contributed by atoms with Gasteiger partial charge >= 0.3 is 151 Å². The molecule has 0 saturated carbocycles. The van der Waals surface area contributed by atoms with Crippen molar-refractivity contribution in [1.29, 1.82) is 0 Å². The molecule has 62 heavy (non-hydrogen) atoms. The van der Waals surface area contributed by atoms with E-state index < -0.39 is 0 Å². The Labute approximate surface area is 401 Å². The minimum Gasteiger partial charge on any atom is -1.00 e. The Kier molecular flexibility index (Phi) is 16.9. The van der Waals surface area contributed by atoms with E-state index in [9.17, 15) is 0 Å². The first kappa shape index (κ1) is 50.6. The number of fused-ring (bicyclic) bond motifs is 3. The molecule has 0 N–H and O–H groups in total. The molecule has 8 rings (SSSR count). The second kappa shape index (κ2) is 20.7. The summed E-state index contributed by atoms with van der Waals surface area (Å²) in [7, 11) is 0. The smallest absolute Gasteiger partial charge is 0.109 e. The van der Waals surface area contributed by atoms with Crippen molar-refractivity contribution in [2.24, 2.45) is 0 Å². The third kappa shape index (κ3) is 12.4. The Morgan fingerprint density at radius 2 is 0.855 bits per heavy atom. The Balaban J connectivity index is 0.000000252. The first-order chi connectivity index (χ1) is 28.2. The standard InChI is InChI=1S/C33H33.C21H26.C5H5.2ClH.Zr/c1-32(2,3)30-20-26-24(18-28(30)22-13-9-7-10-14-22)17-25-19-29(23-15-11-8-12-16-23)31(21-27(25)26)33(4,5)6;1-20(2,3)18-11-7-16(8-12-18)15-17-9-13-19(14-10-17)21(4,5)6;1-2-4-5-3-1;;;/h7-21H,1-6H3;7-14H,1-6H3;1-3H,4H2;2*1H;/q-1;;-1;;;+2/p-2. The van der Waals surface area contributed by atoms with Crippen molar-refractivity contribution in [2.75, 3.05) is 0 Å². The molecule has 3 heteroatoms. The zero-order valence-electron chi connectivity index (χ0n) is 39.0. The summed E-state index contributed by atoms with van der Waals surface area (Å²) < 4.78 is 1.42. The maximum absolute atomic E-state index is 2.99. The Hall–Kier alpha value is -4.00. The van der Waals surface area contributed by atoms with Crippen molar-refractivity contribution < 1.29 is 49.0 Å². The topological polar surface area (TPSA) is 0 Å². The monoisotopic (exact) mass is 932 g/mol. The molecule has 1 aliphatic carbocycles. The van der Waals surface area contributed by atoms with Crippen LogP contribution >= 0.6 is 0 Å². The third-order valence-electron chi connectivity index (χ3n) is 11.4. The second-order valence-corrected chi connectivity index (χ2v) is 21.6. The van der Waals surface area contributed by atoms with Crippen LogP contribution in [0.1, 0.15) is 123 Å². The summed E-state index contributed by atoms with van der Waals surface area (Å²) in [5.41, 5.74) is 14.1. The van der Waals surface area contributed by atoms with Crippen LogP contribution in [0.15, 0.2) is 158 Å². The van der Waals surface area contributed by atoms with Gasteiger partial charge in [0.05, 0.1) is 0 Å². The van der Waals surface area contributed by atoms with Crippen LogP contribution in [0.25, 0.3) is 43.8 Å². The van der Waals surface area contributed by atoms with Crippen molar-refractivity contribution >= 4 is 24.8 Å². The molecule has 0 aliphatic heterocycles. The number of allylic oxidation sites excluding steroid dienone is 4. The molecule has 0 atom stereocenters. The summed E-state index contributed by atoms with van der Waals surface area (Å²) >= 11 is 1.46. The van der Waals surface area contributed by atoms with Gasteiger partial charge in [-0.3, -0.25) is 6.08 Å². The molecule has 0 nitrogen and oxygen atoms in total. The van der Waals surface area contributed by atoms with Crippen LogP contribution in [-0.2, 0) is 45.9 Å². The van der Waals surface area contributed by atoms with Crippen LogP contribution in [0.3, 0.4) is 0 Å². The average Bonchev–Trinajstić information content (AvgIpc) is 3.91. The first-order valence-electron chi connectivity index (χ1n) is 21.6. The van der Waals surface area contributed by atoms with Gasteiger partial charge in [-0.2, -0.15) is 6.08 Å². The van der Waals surface area contributed by atoms with Gasteiger partial charge in [0.1, 0.15) is 0 Å². The Morgan fingerprint density at radius 1 is 0.484 bits per heavy atom. The molecule has 0 fully saturated rings. The van der Waals surface area contributed by atoms with E-state index in [0.717, 1.165) is 6.42 Å². The van der Waals surface area contributed by atoms with Crippen LogP contribution in [-0.4, -0.2) is 3.21 Å². The second-order valence-electron chi connectivity index (χ2n) is 20.4. The van der Waals surface area contributed by atoms with Gasteiger partial charge < -0.3 is 24.8 Å². The van der Waals surface area contributed by atoms with Gasteiger partial charge in [0, 0.05) is 0 Å². The fourth-order valence-electron chi connectivity index (χ4n) is 7.84. The molecule has 0 bridgehead atoms. The van der Waals surface area contributed by atoms with E-state index in [1.54, 1.807) is 0 Å². The molecule has 7 aromatic rings. The fraction of sp³-hybridized carbons (Fsp3) is 0.288. The molecule has 7 aromatic carbocycles. The van der Waals surface area contributed by atoms with E-state index in [0.29, 0.717) is 0 Å². The van der Waals surface area contributed by atoms with Gasteiger partial charge in [-0.1, -0.05) is 114 Å². The van der Waals surface area contributed by atoms with Gasteiger partial charge in [-0.15, -0.1) is 46.2 Å².